The lowest BCUT2D eigenvalue weighted by molar-refractivity contribution is 0.343. The third-order valence-corrected chi connectivity index (χ3v) is 5.51. The molecule has 0 aliphatic heterocycles. The molecule has 0 spiro atoms. The van der Waals surface area contributed by atoms with Gasteiger partial charge in [0.1, 0.15) is 0 Å². The Morgan fingerprint density at radius 2 is 1.89 bits per heavy atom. The second kappa shape index (κ2) is 6.06. The fourth-order valence-corrected chi connectivity index (χ4v) is 4.50. The summed E-state index contributed by atoms with van der Waals surface area (Å²) in [5.41, 5.74) is 1.52. The maximum absolute atomic E-state index is 3.60. The number of benzene rings is 1. The highest BCUT2D eigenvalue weighted by Gasteiger charge is 2.24. The number of thiophene rings is 1. The molecule has 0 amide bonds. The van der Waals surface area contributed by atoms with Crippen LogP contribution in [-0.4, -0.2) is 7.05 Å². The van der Waals surface area contributed by atoms with Crippen molar-refractivity contribution in [3.05, 3.63) is 35.2 Å². The smallest absolute Gasteiger partial charge is 0.0390 e. The third kappa shape index (κ3) is 2.70. The Morgan fingerprint density at radius 3 is 2.63 bits per heavy atom. The average molecular weight is 273 g/mol. The summed E-state index contributed by atoms with van der Waals surface area (Å²) >= 11 is 1.89. The van der Waals surface area contributed by atoms with Crippen LogP contribution in [0, 0.1) is 5.92 Å². The van der Waals surface area contributed by atoms with E-state index in [1.165, 1.54) is 54.2 Å². The van der Waals surface area contributed by atoms with Crippen molar-refractivity contribution in [3.63, 3.8) is 0 Å². The van der Waals surface area contributed by atoms with Crippen molar-refractivity contribution in [3.8, 4) is 0 Å². The number of hydrogen-bond donors (Lipinski definition) is 1. The van der Waals surface area contributed by atoms with Crippen LogP contribution in [0.15, 0.2) is 29.6 Å². The van der Waals surface area contributed by atoms with Gasteiger partial charge in [0.25, 0.3) is 0 Å². The van der Waals surface area contributed by atoms with Crippen LogP contribution in [0.3, 0.4) is 0 Å². The fourth-order valence-electron chi connectivity index (χ4n) is 3.55. The van der Waals surface area contributed by atoms with E-state index in [0.717, 1.165) is 5.92 Å². The van der Waals surface area contributed by atoms with Crippen LogP contribution < -0.4 is 5.32 Å². The molecule has 1 fully saturated rings. The molecular formula is C17H23NS. The number of fused-ring (bicyclic) bond motifs is 1. The van der Waals surface area contributed by atoms with Gasteiger partial charge in [0.05, 0.1) is 0 Å². The van der Waals surface area contributed by atoms with Gasteiger partial charge in [-0.3, -0.25) is 0 Å². The first-order chi connectivity index (χ1) is 9.40. The van der Waals surface area contributed by atoms with E-state index >= 15 is 0 Å². The molecule has 1 atom stereocenters. The van der Waals surface area contributed by atoms with Crippen molar-refractivity contribution in [1.82, 2.24) is 5.32 Å². The Labute approximate surface area is 120 Å². The van der Waals surface area contributed by atoms with Gasteiger partial charge in [-0.15, -0.1) is 11.3 Å². The molecule has 19 heavy (non-hydrogen) atoms. The molecule has 0 radical (unpaired) electrons. The van der Waals surface area contributed by atoms with Crippen molar-refractivity contribution in [1.29, 1.82) is 0 Å². The van der Waals surface area contributed by atoms with Crippen molar-refractivity contribution < 1.29 is 0 Å². The molecule has 3 rings (SSSR count). The predicted octanol–water partition coefficient (Wildman–Crippen LogP) is 5.13. The van der Waals surface area contributed by atoms with Gasteiger partial charge in [-0.25, -0.2) is 0 Å². The van der Waals surface area contributed by atoms with Crippen LogP contribution in [0.2, 0.25) is 0 Å². The minimum absolute atomic E-state index is 0.528. The minimum Gasteiger partial charge on any atom is -0.313 e. The van der Waals surface area contributed by atoms with Crippen molar-refractivity contribution in [2.24, 2.45) is 5.92 Å². The molecule has 1 aromatic carbocycles. The summed E-state index contributed by atoms with van der Waals surface area (Å²) in [4.78, 5) is 0. The standard InChI is InChI=1S/C17H23NS/c1-18-16(13-7-4-2-3-5-8-13)15-10-6-9-14-11-12-19-17(14)15/h6,9-13,16,18H,2-5,7-8H2,1H3. The summed E-state index contributed by atoms with van der Waals surface area (Å²) in [6, 6.07) is 9.54. The van der Waals surface area contributed by atoms with Crippen LogP contribution in [0.1, 0.15) is 50.1 Å². The quantitative estimate of drug-likeness (QED) is 0.764. The first-order valence-corrected chi connectivity index (χ1v) is 8.41. The lowest BCUT2D eigenvalue weighted by atomic mass is 9.87. The normalized spacial score (nSPS) is 19.4. The second-order valence-electron chi connectivity index (χ2n) is 5.70. The maximum atomic E-state index is 3.60. The Hall–Kier alpha value is -0.860. The van der Waals surface area contributed by atoms with Crippen molar-refractivity contribution in [2.75, 3.05) is 7.05 Å². The average Bonchev–Trinajstić information content (AvgIpc) is 2.76. The molecule has 0 bridgehead atoms. The summed E-state index contributed by atoms with van der Waals surface area (Å²) in [5, 5.41) is 7.22. The van der Waals surface area contributed by atoms with E-state index in [1.54, 1.807) is 0 Å². The monoisotopic (exact) mass is 273 g/mol. The van der Waals surface area contributed by atoms with Gasteiger partial charge in [-0.05, 0) is 48.2 Å². The summed E-state index contributed by atoms with van der Waals surface area (Å²) in [7, 11) is 2.13. The molecule has 1 saturated carbocycles. The molecule has 2 heteroatoms. The zero-order valence-electron chi connectivity index (χ0n) is 11.7. The molecule has 1 heterocycles. The number of hydrogen-bond acceptors (Lipinski definition) is 2. The molecular weight excluding hydrogens is 250 g/mol. The van der Waals surface area contributed by atoms with Crippen LogP contribution in [0.25, 0.3) is 10.1 Å². The van der Waals surface area contributed by atoms with Crippen LogP contribution in [0.4, 0.5) is 0 Å². The third-order valence-electron chi connectivity index (χ3n) is 4.53. The Balaban J connectivity index is 1.94. The summed E-state index contributed by atoms with van der Waals surface area (Å²) in [6.07, 6.45) is 8.43. The lowest BCUT2D eigenvalue weighted by Crippen LogP contribution is -2.25. The van der Waals surface area contributed by atoms with Crippen LogP contribution in [0.5, 0.6) is 0 Å². The lowest BCUT2D eigenvalue weighted by Gasteiger charge is -2.26. The zero-order valence-corrected chi connectivity index (χ0v) is 12.5. The molecule has 1 N–H and O–H groups in total. The van der Waals surface area contributed by atoms with E-state index < -0.39 is 0 Å². The first-order valence-electron chi connectivity index (χ1n) is 7.53. The Bertz CT molecular complexity index is 523. The van der Waals surface area contributed by atoms with E-state index in [2.05, 4.69) is 42.0 Å². The minimum atomic E-state index is 0.528. The largest absolute Gasteiger partial charge is 0.313 e. The molecule has 1 nitrogen and oxygen atoms in total. The fraction of sp³-hybridized carbons (Fsp3) is 0.529. The van der Waals surface area contributed by atoms with E-state index in [1.807, 2.05) is 11.3 Å². The highest BCUT2D eigenvalue weighted by atomic mass is 32.1. The predicted molar refractivity (Wildman–Crippen MR) is 84.8 cm³/mol. The molecule has 102 valence electrons. The van der Waals surface area contributed by atoms with E-state index in [0.29, 0.717) is 6.04 Å². The molecule has 1 unspecified atom stereocenters. The van der Waals surface area contributed by atoms with Gasteiger partial charge in [0, 0.05) is 10.7 Å². The number of rotatable bonds is 3. The zero-order chi connectivity index (χ0) is 13.1. The van der Waals surface area contributed by atoms with Crippen molar-refractivity contribution >= 4 is 21.4 Å². The van der Waals surface area contributed by atoms with Crippen LogP contribution in [-0.2, 0) is 0 Å². The molecule has 1 aromatic heterocycles. The van der Waals surface area contributed by atoms with Gasteiger partial charge < -0.3 is 5.32 Å². The maximum Gasteiger partial charge on any atom is 0.0390 e. The van der Waals surface area contributed by atoms with Gasteiger partial charge >= 0.3 is 0 Å². The van der Waals surface area contributed by atoms with E-state index in [-0.39, 0.29) is 0 Å². The molecule has 1 aliphatic rings. The van der Waals surface area contributed by atoms with Gasteiger partial charge in [0.15, 0.2) is 0 Å². The second-order valence-corrected chi connectivity index (χ2v) is 6.62. The van der Waals surface area contributed by atoms with E-state index in [4.69, 9.17) is 0 Å². The molecule has 2 aromatic rings. The topological polar surface area (TPSA) is 12.0 Å². The summed E-state index contributed by atoms with van der Waals surface area (Å²) in [5.74, 6) is 0.806. The highest BCUT2D eigenvalue weighted by Crippen LogP contribution is 2.37. The Morgan fingerprint density at radius 1 is 1.11 bits per heavy atom. The summed E-state index contributed by atoms with van der Waals surface area (Å²) < 4.78 is 1.48. The Kier molecular flexibility index (Phi) is 4.19. The molecule has 0 saturated heterocycles. The van der Waals surface area contributed by atoms with Gasteiger partial charge in [-0.2, -0.15) is 0 Å². The molecule has 1 aliphatic carbocycles. The summed E-state index contributed by atoms with van der Waals surface area (Å²) in [6.45, 7) is 0. The van der Waals surface area contributed by atoms with Crippen molar-refractivity contribution in [2.45, 2.75) is 44.6 Å². The number of nitrogens with one attached hydrogen (secondary N) is 1. The first kappa shape index (κ1) is 13.1. The van der Waals surface area contributed by atoms with E-state index in [9.17, 15) is 0 Å². The van der Waals surface area contributed by atoms with Gasteiger partial charge in [0.2, 0.25) is 0 Å². The van der Waals surface area contributed by atoms with Gasteiger partial charge in [-0.1, -0.05) is 43.9 Å². The SMILES string of the molecule is CNC(c1cccc2ccsc12)C1CCCCCC1. The van der Waals surface area contributed by atoms with Crippen LogP contribution >= 0.6 is 11.3 Å². The highest BCUT2D eigenvalue weighted by molar-refractivity contribution is 7.17.